The Morgan fingerprint density at radius 1 is 1.00 bits per heavy atom. The van der Waals surface area contributed by atoms with Crippen LogP contribution in [0.3, 0.4) is 0 Å². The summed E-state index contributed by atoms with van der Waals surface area (Å²) >= 11 is 0. The highest BCUT2D eigenvalue weighted by Gasteiger charge is 1.99. The van der Waals surface area contributed by atoms with Gasteiger partial charge >= 0.3 is 0 Å². The predicted molar refractivity (Wildman–Crippen MR) is 98.1 cm³/mol. The first kappa shape index (κ1) is 19.5. The molecule has 0 heterocycles. The number of carbonyl (C=O) groups is 1. The van der Waals surface area contributed by atoms with Crippen LogP contribution in [0.25, 0.3) is 0 Å². The van der Waals surface area contributed by atoms with E-state index in [1.54, 1.807) is 0 Å². The van der Waals surface area contributed by atoms with Gasteiger partial charge in [-0.1, -0.05) is 64.2 Å². The summed E-state index contributed by atoms with van der Waals surface area (Å²) in [4.78, 5) is 11.1. The Labute approximate surface area is 141 Å². The minimum atomic E-state index is 0.0821. The zero-order chi connectivity index (χ0) is 16.8. The number of unbranched alkanes of at least 4 members (excludes halogenated alkanes) is 6. The summed E-state index contributed by atoms with van der Waals surface area (Å²) in [5, 5.41) is 0. The van der Waals surface area contributed by atoms with Gasteiger partial charge in [-0.2, -0.15) is 0 Å². The summed E-state index contributed by atoms with van der Waals surface area (Å²) in [6.07, 6.45) is 13.2. The quantitative estimate of drug-likeness (QED) is 0.316. The molecular weight excluding hydrogens is 284 g/mol. The smallest absolute Gasteiger partial charge is 0.155 e. The van der Waals surface area contributed by atoms with Crippen molar-refractivity contribution in [2.45, 2.75) is 71.1 Å². The van der Waals surface area contributed by atoms with Gasteiger partial charge in [-0.15, -0.1) is 0 Å². The molecule has 0 saturated heterocycles. The Morgan fingerprint density at radius 3 is 2.30 bits per heavy atom. The van der Waals surface area contributed by atoms with Crippen LogP contribution in [-0.4, -0.2) is 12.4 Å². The van der Waals surface area contributed by atoms with Crippen LogP contribution in [-0.2, 0) is 11.2 Å². The third-order valence-electron chi connectivity index (χ3n) is 4.06. The lowest BCUT2D eigenvalue weighted by molar-refractivity contribution is -0.114. The Morgan fingerprint density at radius 2 is 1.65 bits per heavy atom. The molecule has 0 atom stereocenters. The van der Waals surface area contributed by atoms with Gasteiger partial charge in [-0.25, -0.2) is 0 Å². The molecule has 2 nitrogen and oxygen atoms in total. The fraction of sp³-hybridized carbons (Fsp3) is 0.571. The highest BCUT2D eigenvalue weighted by Crippen LogP contribution is 2.15. The first-order chi connectivity index (χ1) is 11.3. The highest BCUT2D eigenvalue weighted by atomic mass is 16.5. The van der Waals surface area contributed by atoms with Crippen molar-refractivity contribution in [3.8, 4) is 5.75 Å². The first-order valence-electron chi connectivity index (χ1n) is 9.13. The van der Waals surface area contributed by atoms with E-state index >= 15 is 0 Å². The predicted octanol–water partition coefficient (Wildman–Crippen LogP) is 5.89. The number of carbonyl (C=O) groups excluding carboxylic acids is 1. The summed E-state index contributed by atoms with van der Waals surface area (Å²) in [6.45, 7) is 6.30. The van der Waals surface area contributed by atoms with E-state index in [4.69, 9.17) is 4.74 Å². The van der Waals surface area contributed by atoms with Crippen molar-refractivity contribution < 1.29 is 9.53 Å². The van der Waals surface area contributed by atoms with Gasteiger partial charge in [0.05, 0.1) is 6.61 Å². The maximum atomic E-state index is 11.1. The van der Waals surface area contributed by atoms with Crippen LogP contribution in [0.1, 0.15) is 70.3 Å². The third kappa shape index (κ3) is 9.93. The fourth-order valence-electron chi connectivity index (χ4n) is 2.58. The molecule has 128 valence electrons. The molecule has 0 N–H and O–H groups in total. The van der Waals surface area contributed by atoms with Crippen molar-refractivity contribution in [1.29, 1.82) is 0 Å². The van der Waals surface area contributed by atoms with Gasteiger partial charge in [-0.05, 0) is 43.0 Å². The van der Waals surface area contributed by atoms with E-state index in [1.165, 1.54) is 56.6 Å². The molecule has 1 aromatic rings. The summed E-state index contributed by atoms with van der Waals surface area (Å²) in [5.74, 6) is 0.970. The fourth-order valence-corrected chi connectivity index (χ4v) is 2.58. The molecule has 0 aliphatic rings. The molecule has 0 spiro atoms. The van der Waals surface area contributed by atoms with Crippen molar-refractivity contribution in [2.75, 3.05) is 6.61 Å². The van der Waals surface area contributed by atoms with E-state index in [0.717, 1.165) is 18.6 Å². The number of ether oxygens (including phenoxy) is 1. The molecule has 0 aliphatic heterocycles. The average Bonchev–Trinajstić information content (AvgIpc) is 2.59. The van der Waals surface area contributed by atoms with Gasteiger partial charge in [0.15, 0.2) is 5.78 Å². The van der Waals surface area contributed by atoms with Crippen LogP contribution >= 0.6 is 0 Å². The Bertz CT molecular complexity index is 434. The van der Waals surface area contributed by atoms with E-state index < -0.39 is 0 Å². The molecule has 1 rings (SSSR count). The molecule has 23 heavy (non-hydrogen) atoms. The van der Waals surface area contributed by atoms with Gasteiger partial charge in [-0.3, -0.25) is 4.79 Å². The number of benzene rings is 1. The second-order valence-corrected chi connectivity index (χ2v) is 6.14. The number of hydrogen-bond donors (Lipinski definition) is 0. The SMILES string of the molecule is C=CC(=O)CCCOc1ccc(CCCCCCCCC)cc1. The highest BCUT2D eigenvalue weighted by molar-refractivity contribution is 5.88. The molecule has 0 bridgehead atoms. The molecule has 0 fully saturated rings. The van der Waals surface area contributed by atoms with E-state index in [2.05, 4.69) is 25.6 Å². The molecule has 0 aromatic heterocycles. The number of rotatable bonds is 14. The maximum Gasteiger partial charge on any atom is 0.155 e. The van der Waals surface area contributed by atoms with Crippen molar-refractivity contribution in [1.82, 2.24) is 0 Å². The Balaban J connectivity index is 2.10. The maximum absolute atomic E-state index is 11.1. The lowest BCUT2D eigenvalue weighted by atomic mass is 10.0. The second kappa shape index (κ2) is 12.9. The van der Waals surface area contributed by atoms with Crippen LogP contribution in [0.2, 0.25) is 0 Å². The Kier molecular flexibility index (Phi) is 10.9. The summed E-state index contributed by atoms with van der Waals surface area (Å²) < 4.78 is 5.65. The topological polar surface area (TPSA) is 26.3 Å². The van der Waals surface area contributed by atoms with Crippen LogP contribution < -0.4 is 4.74 Å². The van der Waals surface area contributed by atoms with Gasteiger partial charge < -0.3 is 4.74 Å². The van der Waals surface area contributed by atoms with Gasteiger partial charge in [0, 0.05) is 6.42 Å². The van der Waals surface area contributed by atoms with Crippen LogP contribution in [0.5, 0.6) is 5.75 Å². The molecule has 1 aromatic carbocycles. The van der Waals surface area contributed by atoms with Gasteiger partial charge in [0.25, 0.3) is 0 Å². The Hall–Kier alpha value is -1.57. The van der Waals surface area contributed by atoms with E-state index in [0.29, 0.717) is 13.0 Å². The summed E-state index contributed by atoms with van der Waals surface area (Å²) in [6, 6.07) is 8.38. The van der Waals surface area contributed by atoms with Crippen LogP contribution in [0.4, 0.5) is 0 Å². The van der Waals surface area contributed by atoms with Crippen LogP contribution in [0.15, 0.2) is 36.9 Å². The molecule has 0 aliphatic carbocycles. The molecule has 0 radical (unpaired) electrons. The largest absolute Gasteiger partial charge is 0.494 e. The number of hydrogen-bond acceptors (Lipinski definition) is 2. The molecular formula is C21H32O2. The van der Waals surface area contributed by atoms with Crippen molar-refractivity contribution in [3.05, 3.63) is 42.5 Å². The number of allylic oxidation sites excluding steroid dienone is 1. The number of ketones is 1. The monoisotopic (exact) mass is 316 g/mol. The number of aryl methyl sites for hydroxylation is 1. The van der Waals surface area contributed by atoms with E-state index in [1.807, 2.05) is 12.1 Å². The zero-order valence-electron chi connectivity index (χ0n) is 14.7. The molecule has 0 saturated carbocycles. The van der Waals surface area contributed by atoms with E-state index in [9.17, 15) is 4.79 Å². The lowest BCUT2D eigenvalue weighted by Crippen LogP contribution is -2.01. The first-order valence-corrected chi connectivity index (χ1v) is 9.13. The normalized spacial score (nSPS) is 10.5. The average molecular weight is 316 g/mol. The van der Waals surface area contributed by atoms with Gasteiger partial charge in [0.2, 0.25) is 0 Å². The minimum Gasteiger partial charge on any atom is -0.494 e. The van der Waals surface area contributed by atoms with Crippen molar-refractivity contribution >= 4 is 5.78 Å². The third-order valence-corrected chi connectivity index (χ3v) is 4.06. The lowest BCUT2D eigenvalue weighted by Gasteiger charge is -2.07. The zero-order valence-corrected chi connectivity index (χ0v) is 14.7. The molecule has 2 heteroatoms. The van der Waals surface area contributed by atoms with E-state index in [-0.39, 0.29) is 5.78 Å². The van der Waals surface area contributed by atoms with Crippen molar-refractivity contribution in [3.63, 3.8) is 0 Å². The molecule has 0 unspecified atom stereocenters. The summed E-state index contributed by atoms with van der Waals surface area (Å²) in [5.41, 5.74) is 1.38. The summed E-state index contributed by atoms with van der Waals surface area (Å²) in [7, 11) is 0. The van der Waals surface area contributed by atoms with Gasteiger partial charge in [0.1, 0.15) is 5.75 Å². The van der Waals surface area contributed by atoms with Crippen LogP contribution in [0, 0.1) is 0 Å². The van der Waals surface area contributed by atoms with Crippen molar-refractivity contribution in [2.24, 2.45) is 0 Å². The standard InChI is InChI=1S/C21H32O2/c1-3-5-6-7-8-9-10-12-19-14-16-21(17-15-19)23-18-11-13-20(22)4-2/h4,14-17H,2-3,5-13,18H2,1H3. The second-order valence-electron chi connectivity index (χ2n) is 6.14. The molecule has 0 amide bonds. The minimum absolute atomic E-state index is 0.0821.